The van der Waals surface area contributed by atoms with Crippen LogP contribution in [0.15, 0.2) is 41.4 Å². The van der Waals surface area contributed by atoms with E-state index in [-0.39, 0.29) is 5.91 Å². The number of nitrogens with one attached hydrogen (secondary N) is 2. The molecule has 1 aromatic rings. The van der Waals surface area contributed by atoms with Gasteiger partial charge in [-0.3, -0.25) is 4.79 Å². The van der Waals surface area contributed by atoms with E-state index in [1.165, 1.54) is 0 Å². The van der Waals surface area contributed by atoms with Gasteiger partial charge < -0.3 is 10.6 Å². The number of hydrogen-bond donors (Lipinski definition) is 2. The zero-order valence-electron chi connectivity index (χ0n) is 9.00. The lowest BCUT2D eigenvalue weighted by Crippen LogP contribution is -2.33. The van der Waals surface area contributed by atoms with E-state index in [1.807, 2.05) is 24.3 Å². The molecule has 0 spiro atoms. The van der Waals surface area contributed by atoms with E-state index >= 15 is 0 Å². The summed E-state index contributed by atoms with van der Waals surface area (Å²) in [6.07, 6.45) is 1.66. The Balaban J connectivity index is 2.28. The second-order valence-corrected chi connectivity index (χ2v) is 4.14. The lowest BCUT2D eigenvalue weighted by atomic mass is 10.2. The minimum absolute atomic E-state index is 0.0213. The smallest absolute Gasteiger partial charge is 0.234 e. The van der Waals surface area contributed by atoms with Crippen LogP contribution in [-0.4, -0.2) is 19.0 Å². The van der Waals surface area contributed by atoms with Crippen molar-refractivity contribution in [2.45, 2.75) is 6.54 Å². The van der Waals surface area contributed by atoms with E-state index in [0.29, 0.717) is 19.6 Å². The number of hydrogen-bond acceptors (Lipinski definition) is 2. The van der Waals surface area contributed by atoms with Crippen LogP contribution < -0.4 is 10.6 Å². The molecular weight excluding hydrogens is 268 g/mol. The Morgan fingerprint density at radius 2 is 2.19 bits per heavy atom. The van der Waals surface area contributed by atoms with Gasteiger partial charge in [-0.1, -0.05) is 40.2 Å². The molecule has 0 aliphatic carbocycles. The van der Waals surface area contributed by atoms with Crippen molar-refractivity contribution in [2.24, 2.45) is 0 Å². The highest BCUT2D eigenvalue weighted by molar-refractivity contribution is 9.10. The van der Waals surface area contributed by atoms with Crippen molar-refractivity contribution in [3.8, 4) is 0 Å². The summed E-state index contributed by atoms with van der Waals surface area (Å²) in [5.74, 6) is -0.0213. The Morgan fingerprint density at radius 3 is 2.88 bits per heavy atom. The number of benzene rings is 1. The highest BCUT2D eigenvalue weighted by Gasteiger charge is 2.00. The highest BCUT2D eigenvalue weighted by Crippen LogP contribution is 2.14. The Kier molecular flexibility index (Phi) is 5.82. The van der Waals surface area contributed by atoms with Gasteiger partial charge >= 0.3 is 0 Å². The Bertz CT molecular complexity index is 366. The second kappa shape index (κ2) is 7.19. The van der Waals surface area contributed by atoms with Crippen molar-refractivity contribution in [1.29, 1.82) is 0 Å². The minimum Gasteiger partial charge on any atom is -0.352 e. The van der Waals surface area contributed by atoms with E-state index in [0.717, 1.165) is 10.0 Å². The van der Waals surface area contributed by atoms with Gasteiger partial charge in [0.1, 0.15) is 0 Å². The monoisotopic (exact) mass is 282 g/mol. The molecule has 0 saturated carbocycles. The first-order chi connectivity index (χ1) is 7.74. The molecule has 0 unspecified atom stereocenters. The first-order valence-corrected chi connectivity index (χ1v) is 5.85. The molecule has 0 aromatic heterocycles. The van der Waals surface area contributed by atoms with Crippen molar-refractivity contribution in [3.05, 3.63) is 47.0 Å². The van der Waals surface area contributed by atoms with Crippen LogP contribution in [-0.2, 0) is 11.3 Å². The van der Waals surface area contributed by atoms with Crippen LogP contribution in [0.2, 0.25) is 0 Å². The summed E-state index contributed by atoms with van der Waals surface area (Å²) in [7, 11) is 0. The van der Waals surface area contributed by atoms with E-state index in [9.17, 15) is 4.79 Å². The summed E-state index contributed by atoms with van der Waals surface area (Å²) in [4.78, 5) is 11.2. The summed E-state index contributed by atoms with van der Waals surface area (Å²) in [5, 5.41) is 5.78. The third-order valence-corrected chi connectivity index (χ3v) is 2.78. The molecular formula is C12H15BrN2O. The Morgan fingerprint density at radius 1 is 1.44 bits per heavy atom. The fourth-order valence-electron chi connectivity index (χ4n) is 1.20. The molecule has 86 valence electrons. The predicted octanol–water partition coefficient (Wildman–Crippen LogP) is 1.84. The quantitative estimate of drug-likeness (QED) is 0.782. The molecule has 3 nitrogen and oxygen atoms in total. The summed E-state index contributed by atoms with van der Waals surface area (Å²) in [5.41, 5.74) is 1.14. The zero-order chi connectivity index (χ0) is 11.8. The maximum Gasteiger partial charge on any atom is 0.234 e. The molecule has 0 bridgehead atoms. The largest absolute Gasteiger partial charge is 0.352 e. The molecule has 0 fully saturated rings. The van der Waals surface area contributed by atoms with Gasteiger partial charge in [0.2, 0.25) is 5.91 Å². The van der Waals surface area contributed by atoms with Crippen molar-refractivity contribution in [2.75, 3.05) is 13.1 Å². The minimum atomic E-state index is -0.0213. The van der Waals surface area contributed by atoms with Gasteiger partial charge in [0.25, 0.3) is 0 Å². The van der Waals surface area contributed by atoms with Crippen LogP contribution in [0.4, 0.5) is 0 Å². The molecule has 0 saturated heterocycles. The fraction of sp³-hybridized carbons (Fsp3) is 0.250. The molecule has 0 radical (unpaired) electrons. The average Bonchev–Trinajstić information content (AvgIpc) is 2.29. The molecule has 1 rings (SSSR count). The maximum absolute atomic E-state index is 11.2. The van der Waals surface area contributed by atoms with Crippen LogP contribution in [0.1, 0.15) is 5.56 Å². The van der Waals surface area contributed by atoms with Crippen LogP contribution in [0.3, 0.4) is 0 Å². The third-order valence-electron chi connectivity index (χ3n) is 2.00. The van der Waals surface area contributed by atoms with E-state index in [1.54, 1.807) is 6.08 Å². The Labute approximate surface area is 104 Å². The first-order valence-electron chi connectivity index (χ1n) is 5.05. The van der Waals surface area contributed by atoms with Gasteiger partial charge in [-0.25, -0.2) is 0 Å². The fourth-order valence-corrected chi connectivity index (χ4v) is 1.63. The van der Waals surface area contributed by atoms with Crippen molar-refractivity contribution < 1.29 is 4.79 Å². The molecule has 4 heteroatoms. The molecule has 2 N–H and O–H groups in total. The number of halogens is 1. The molecule has 0 aliphatic rings. The lowest BCUT2D eigenvalue weighted by molar-refractivity contribution is -0.120. The van der Waals surface area contributed by atoms with Gasteiger partial charge in [0.05, 0.1) is 6.54 Å². The van der Waals surface area contributed by atoms with Crippen LogP contribution >= 0.6 is 15.9 Å². The van der Waals surface area contributed by atoms with Crippen LogP contribution in [0.25, 0.3) is 0 Å². The normalized spacial score (nSPS) is 9.81. The van der Waals surface area contributed by atoms with Crippen LogP contribution in [0.5, 0.6) is 0 Å². The Hall–Kier alpha value is -1.13. The van der Waals surface area contributed by atoms with Crippen molar-refractivity contribution in [1.82, 2.24) is 10.6 Å². The summed E-state index contributed by atoms with van der Waals surface area (Å²) in [6.45, 7) is 5.02. The van der Waals surface area contributed by atoms with Gasteiger partial charge in [0.15, 0.2) is 0 Å². The van der Waals surface area contributed by atoms with Gasteiger partial charge in [-0.2, -0.15) is 0 Å². The van der Waals surface area contributed by atoms with E-state index < -0.39 is 0 Å². The zero-order valence-corrected chi connectivity index (χ0v) is 10.6. The number of carbonyl (C=O) groups is 1. The topological polar surface area (TPSA) is 41.1 Å². The predicted molar refractivity (Wildman–Crippen MR) is 69.1 cm³/mol. The third kappa shape index (κ3) is 4.59. The number of carbonyl (C=O) groups excluding carboxylic acids is 1. The van der Waals surface area contributed by atoms with Crippen molar-refractivity contribution in [3.63, 3.8) is 0 Å². The summed E-state index contributed by atoms with van der Waals surface area (Å²) >= 11 is 3.45. The second-order valence-electron chi connectivity index (χ2n) is 3.29. The lowest BCUT2D eigenvalue weighted by Gasteiger charge is -2.06. The highest BCUT2D eigenvalue weighted by atomic mass is 79.9. The van der Waals surface area contributed by atoms with E-state index in [4.69, 9.17) is 0 Å². The SMILES string of the molecule is C=CCNC(=O)CNCc1ccccc1Br. The number of rotatable bonds is 6. The molecule has 16 heavy (non-hydrogen) atoms. The summed E-state index contributed by atoms with van der Waals surface area (Å²) < 4.78 is 1.05. The van der Waals surface area contributed by atoms with Crippen LogP contribution in [0, 0.1) is 0 Å². The van der Waals surface area contributed by atoms with E-state index in [2.05, 4.69) is 33.1 Å². The standard InChI is InChI=1S/C12H15BrN2O/c1-2-7-15-12(16)9-14-8-10-5-3-4-6-11(10)13/h2-6,14H,1,7-9H2,(H,15,16). The number of amides is 1. The molecule has 0 aliphatic heterocycles. The van der Waals surface area contributed by atoms with Crippen molar-refractivity contribution >= 4 is 21.8 Å². The average molecular weight is 283 g/mol. The molecule has 0 atom stereocenters. The van der Waals surface area contributed by atoms with Gasteiger partial charge in [-0.15, -0.1) is 6.58 Å². The molecule has 1 amide bonds. The maximum atomic E-state index is 11.2. The van der Waals surface area contributed by atoms with Gasteiger partial charge in [-0.05, 0) is 11.6 Å². The molecule has 1 aromatic carbocycles. The molecule has 0 heterocycles. The summed E-state index contributed by atoms with van der Waals surface area (Å²) in [6, 6.07) is 7.93. The van der Waals surface area contributed by atoms with Gasteiger partial charge in [0, 0.05) is 17.6 Å². The first kappa shape index (κ1) is 12.9.